The molecular weight excluding hydrogens is 387 g/mol. The molecule has 0 aromatic carbocycles. The first-order valence-electron chi connectivity index (χ1n) is 12.4. The maximum Gasteiger partial charge on any atom is 0.0733 e. The van der Waals surface area contributed by atoms with Gasteiger partial charge in [0.1, 0.15) is 0 Å². The van der Waals surface area contributed by atoms with Crippen molar-refractivity contribution in [3.63, 3.8) is 0 Å². The third-order valence-electron chi connectivity index (χ3n) is 10.1. The van der Waals surface area contributed by atoms with Crippen molar-refractivity contribution in [2.24, 2.45) is 40.9 Å². The largest absolute Gasteiger partial charge is 0.0964 e. The first kappa shape index (κ1) is 19.1. The van der Waals surface area contributed by atoms with Gasteiger partial charge in [0.2, 0.25) is 0 Å². The van der Waals surface area contributed by atoms with Gasteiger partial charge in [0.15, 0.2) is 0 Å². The smallest absolute Gasteiger partial charge is 0.0733 e. The Bertz CT molecular complexity index is 729. The van der Waals surface area contributed by atoms with E-state index in [0.717, 1.165) is 46.7 Å². The van der Waals surface area contributed by atoms with Crippen molar-refractivity contribution in [2.75, 3.05) is 0 Å². The number of rotatable bonds is 3. The molecule has 2 aliphatic heterocycles. The Hall–Kier alpha value is 0.344. The highest BCUT2D eigenvalue weighted by molar-refractivity contribution is 7.42. The van der Waals surface area contributed by atoms with Gasteiger partial charge in [-0.15, -0.1) is 0 Å². The molecule has 0 N–H and O–H groups in total. The van der Waals surface area contributed by atoms with Gasteiger partial charge in [-0.2, -0.15) is 0 Å². The van der Waals surface area contributed by atoms with Crippen LogP contribution in [0.15, 0.2) is 11.3 Å². The summed E-state index contributed by atoms with van der Waals surface area (Å²) in [4.78, 5) is 0. The fourth-order valence-electron chi connectivity index (χ4n) is 9.39. The minimum atomic E-state index is -1.20. The molecule has 0 saturated heterocycles. The van der Waals surface area contributed by atoms with Gasteiger partial charge in [-0.25, -0.2) is 0 Å². The lowest BCUT2D eigenvalue weighted by Gasteiger charge is -2.66. The highest BCUT2D eigenvalue weighted by Gasteiger charge is 2.63. The molecule has 28 heavy (non-hydrogen) atoms. The van der Waals surface area contributed by atoms with E-state index in [1.165, 1.54) is 0 Å². The van der Waals surface area contributed by atoms with Crippen LogP contribution in [0.25, 0.3) is 0 Å². The molecule has 154 valence electrons. The summed E-state index contributed by atoms with van der Waals surface area (Å²) in [6.45, 7) is 15.9. The molecule has 0 amide bonds. The Morgan fingerprint density at radius 2 is 1.43 bits per heavy atom. The van der Waals surface area contributed by atoms with Gasteiger partial charge in [-0.3, -0.25) is 0 Å². The second-order valence-corrected chi connectivity index (χ2v) is 25.9. The van der Waals surface area contributed by atoms with E-state index in [-0.39, 0.29) is 0 Å². The van der Waals surface area contributed by atoms with Crippen LogP contribution in [-0.2, 0) is 0 Å². The second-order valence-electron chi connectivity index (χ2n) is 14.0. The molecular formula is C25H41PSi2. The number of hydrogen-bond acceptors (Lipinski definition) is 0. The summed E-state index contributed by atoms with van der Waals surface area (Å²) >= 11 is 0. The normalized spacial score (nSPS) is 52.1. The van der Waals surface area contributed by atoms with Crippen LogP contribution in [0.5, 0.6) is 0 Å². The van der Waals surface area contributed by atoms with Crippen molar-refractivity contribution in [3.05, 3.63) is 11.3 Å². The van der Waals surface area contributed by atoms with Crippen molar-refractivity contribution in [1.29, 1.82) is 0 Å². The van der Waals surface area contributed by atoms with E-state index in [1.807, 2.05) is 13.4 Å². The Balaban J connectivity index is 1.41. The maximum absolute atomic E-state index is 2.93. The summed E-state index contributed by atoms with van der Waals surface area (Å²) in [7, 11) is -0.368. The van der Waals surface area contributed by atoms with Gasteiger partial charge in [0.05, 0.1) is 8.07 Å². The summed E-state index contributed by atoms with van der Waals surface area (Å²) < 4.78 is 0. The first-order valence-corrected chi connectivity index (χ1v) is 20.4. The van der Waals surface area contributed by atoms with E-state index in [9.17, 15) is 0 Å². The van der Waals surface area contributed by atoms with Gasteiger partial charge in [0.25, 0.3) is 0 Å². The van der Waals surface area contributed by atoms with Crippen LogP contribution in [0.4, 0.5) is 0 Å². The standard InChI is InChI=1S/C25H41PSi2/c1-27(2,3)20-10-18-19-11-21(28(4,5)6)23(22(18)20)26-24(19)25-12-15-7-16(13-25)9-17(8-15)14-25/h11,15-20,22-23H,7-10,12-14H2,1-6H3/t15?,16?,17?,18-,19+,20+,22+,23-,25?/m1/s1. The molecule has 6 aliphatic carbocycles. The Morgan fingerprint density at radius 1 is 0.857 bits per heavy atom. The lowest BCUT2D eigenvalue weighted by molar-refractivity contribution is -0.0159. The van der Waals surface area contributed by atoms with Crippen LogP contribution >= 0.6 is 8.20 Å². The van der Waals surface area contributed by atoms with Crippen molar-refractivity contribution in [3.8, 4) is 0 Å². The molecule has 0 spiro atoms. The Kier molecular flexibility index (Phi) is 3.93. The van der Waals surface area contributed by atoms with Crippen molar-refractivity contribution in [1.82, 2.24) is 0 Å². The van der Waals surface area contributed by atoms with E-state index >= 15 is 0 Å². The summed E-state index contributed by atoms with van der Waals surface area (Å²) in [5, 5.41) is 4.10. The molecule has 6 bridgehead atoms. The predicted molar refractivity (Wildman–Crippen MR) is 130 cm³/mol. The monoisotopic (exact) mass is 428 g/mol. The van der Waals surface area contributed by atoms with Crippen LogP contribution in [0, 0.1) is 40.9 Å². The van der Waals surface area contributed by atoms with E-state index in [0.29, 0.717) is 5.41 Å². The van der Waals surface area contributed by atoms with E-state index in [2.05, 4.69) is 50.7 Å². The molecule has 0 aromatic rings. The van der Waals surface area contributed by atoms with Crippen molar-refractivity contribution in [2.45, 2.75) is 95.4 Å². The lowest BCUT2D eigenvalue weighted by Crippen LogP contribution is -2.62. The van der Waals surface area contributed by atoms with Gasteiger partial charge in [-0.1, -0.05) is 58.8 Å². The van der Waals surface area contributed by atoms with Crippen LogP contribution in [0.3, 0.4) is 0 Å². The van der Waals surface area contributed by atoms with E-state index in [1.54, 1.807) is 44.9 Å². The molecule has 0 nitrogen and oxygen atoms in total. The van der Waals surface area contributed by atoms with Crippen LogP contribution in [-0.4, -0.2) is 27.1 Å². The molecule has 0 radical (unpaired) electrons. The highest BCUT2D eigenvalue weighted by Crippen LogP contribution is 2.70. The molecule has 8 aliphatic rings. The number of hydrogen-bond donors (Lipinski definition) is 0. The summed E-state index contributed by atoms with van der Waals surface area (Å²) in [5.41, 5.74) is 2.74. The van der Waals surface area contributed by atoms with Gasteiger partial charge in [0, 0.05) is 19.7 Å². The fraction of sp³-hybridized carbons (Fsp3) is 0.880. The van der Waals surface area contributed by atoms with E-state index in [4.69, 9.17) is 0 Å². The van der Waals surface area contributed by atoms with Gasteiger partial charge >= 0.3 is 0 Å². The fourth-order valence-corrected chi connectivity index (χ4v) is 17.3. The molecule has 5 fully saturated rings. The first-order chi connectivity index (χ1) is 13.1. The maximum atomic E-state index is 2.93. The minimum Gasteiger partial charge on any atom is -0.0964 e. The average molecular weight is 429 g/mol. The summed E-state index contributed by atoms with van der Waals surface area (Å²) in [6.07, 6.45) is 14.1. The molecule has 0 unspecified atom stereocenters. The molecule has 3 heteroatoms. The predicted octanol–water partition coefficient (Wildman–Crippen LogP) is 7.48. The third-order valence-corrected chi connectivity index (χ3v) is 17.4. The lowest BCUT2D eigenvalue weighted by atomic mass is 9.46. The molecule has 5 saturated carbocycles. The highest BCUT2D eigenvalue weighted by atomic mass is 31.1. The number of allylic oxidation sites excluding steroid dienone is 2. The quantitative estimate of drug-likeness (QED) is 0.323. The Labute approximate surface area is 177 Å². The van der Waals surface area contributed by atoms with Crippen LogP contribution in [0.1, 0.15) is 44.9 Å². The molecule has 8 rings (SSSR count). The summed E-state index contributed by atoms with van der Waals surface area (Å²) in [5.74, 6) is 6.31. The summed E-state index contributed by atoms with van der Waals surface area (Å²) in [6, 6.07) is 0. The minimum absolute atomic E-state index is 0.690. The van der Waals surface area contributed by atoms with Crippen LogP contribution < -0.4 is 0 Å². The molecule has 5 atom stereocenters. The van der Waals surface area contributed by atoms with E-state index < -0.39 is 16.1 Å². The van der Waals surface area contributed by atoms with Crippen molar-refractivity contribution < 1.29 is 0 Å². The SMILES string of the molecule is C[Si](C)(C)C1=C[C@@H]2C(C34CC5CC(CC(C5)C3)C4)=P[C@H]1[C@H]1[C@@H]2C[C@@H]1[Si](C)(C)C. The molecule has 2 heterocycles. The zero-order valence-corrected chi connectivity index (χ0v) is 22.0. The third kappa shape index (κ3) is 2.56. The van der Waals surface area contributed by atoms with Gasteiger partial charge < -0.3 is 0 Å². The van der Waals surface area contributed by atoms with Gasteiger partial charge in [-0.05, 0) is 90.8 Å². The zero-order valence-electron chi connectivity index (χ0n) is 19.1. The van der Waals surface area contributed by atoms with Crippen LogP contribution in [0.2, 0.25) is 44.8 Å². The zero-order chi connectivity index (χ0) is 19.6. The molecule has 0 aromatic heterocycles. The van der Waals surface area contributed by atoms with Crippen molar-refractivity contribution >= 4 is 29.6 Å². The average Bonchev–Trinajstić information content (AvgIpc) is 2.50. The topological polar surface area (TPSA) is 0 Å². The Morgan fingerprint density at radius 3 is 1.93 bits per heavy atom. The second kappa shape index (κ2) is 5.77.